The molecule has 1 fully saturated rings. The summed E-state index contributed by atoms with van der Waals surface area (Å²) in [4.78, 5) is 13.8. The second-order valence-corrected chi connectivity index (χ2v) is 4.60. The molecule has 5 heteroatoms. The smallest absolute Gasteiger partial charge is 0.260 e. The van der Waals surface area contributed by atoms with Crippen molar-refractivity contribution in [2.75, 3.05) is 32.0 Å². The van der Waals surface area contributed by atoms with E-state index in [1.165, 1.54) is 0 Å². The first-order valence-electron chi connectivity index (χ1n) is 6.56. The Labute approximate surface area is 113 Å². The summed E-state index contributed by atoms with van der Waals surface area (Å²) in [7, 11) is 0. The van der Waals surface area contributed by atoms with Crippen LogP contribution in [-0.4, -0.2) is 43.2 Å². The fourth-order valence-electron chi connectivity index (χ4n) is 1.99. The van der Waals surface area contributed by atoms with Crippen LogP contribution in [0.3, 0.4) is 0 Å². The SMILES string of the molecule is CCC1CN(C(=O)COc2ccc(N)cc2)CCO1. The lowest BCUT2D eigenvalue weighted by molar-refractivity contribution is -0.141. The van der Waals surface area contributed by atoms with Gasteiger partial charge in [-0.1, -0.05) is 6.92 Å². The third-order valence-corrected chi connectivity index (χ3v) is 3.19. The van der Waals surface area contributed by atoms with Crippen LogP contribution in [0.1, 0.15) is 13.3 Å². The zero-order chi connectivity index (χ0) is 13.7. The van der Waals surface area contributed by atoms with Gasteiger partial charge in [-0.05, 0) is 30.7 Å². The Kier molecular flexibility index (Phi) is 4.63. The average molecular weight is 264 g/mol. The molecule has 2 N–H and O–H groups in total. The third-order valence-electron chi connectivity index (χ3n) is 3.19. The summed E-state index contributed by atoms with van der Waals surface area (Å²) in [5.41, 5.74) is 6.26. The van der Waals surface area contributed by atoms with Crippen LogP contribution in [0.25, 0.3) is 0 Å². The van der Waals surface area contributed by atoms with Gasteiger partial charge >= 0.3 is 0 Å². The highest BCUT2D eigenvalue weighted by Gasteiger charge is 2.23. The topological polar surface area (TPSA) is 64.8 Å². The Morgan fingerprint density at radius 3 is 2.89 bits per heavy atom. The average Bonchev–Trinajstić information content (AvgIpc) is 2.46. The lowest BCUT2D eigenvalue weighted by atomic mass is 10.2. The molecule has 1 aliphatic heterocycles. The number of rotatable bonds is 4. The molecule has 0 spiro atoms. The fraction of sp³-hybridized carbons (Fsp3) is 0.500. The Morgan fingerprint density at radius 2 is 2.21 bits per heavy atom. The molecular formula is C14H20N2O3. The standard InChI is InChI=1S/C14H20N2O3/c1-2-12-9-16(7-8-18-12)14(17)10-19-13-5-3-11(15)4-6-13/h3-6,12H,2,7-10,15H2,1H3. The van der Waals surface area contributed by atoms with E-state index >= 15 is 0 Å². The summed E-state index contributed by atoms with van der Waals surface area (Å²) in [6.07, 6.45) is 1.07. The summed E-state index contributed by atoms with van der Waals surface area (Å²) < 4.78 is 11.0. The molecule has 0 bridgehead atoms. The molecule has 0 radical (unpaired) electrons. The number of hydrogen-bond acceptors (Lipinski definition) is 4. The van der Waals surface area contributed by atoms with E-state index in [1.807, 2.05) is 0 Å². The van der Waals surface area contributed by atoms with E-state index < -0.39 is 0 Å². The summed E-state index contributed by atoms with van der Waals surface area (Å²) in [6.45, 7) is 4.01. The first-order valence-corrected chi connectivity index (χ1v) is 6.56. The number of nitrogens with two attached hydrogens (primary N) is 1. The first kappa shape index (κ1) is 13.7. The van der Waals surface area contributed by atoms with Gasteiger partial charge in [-0.2, -0.15) is 0 Å². The Hall–Kier alpha value is -1.75. The summed E-state index contributed by atoms with van der Waals surface area (Å²) in [5, 5.41) is 0. The van der Waals surface area contributed by atoms with Gasteiger partial charge < -0.3 is 20.1 Å². The number of nitrogens with zero attached hydrogens (tertiary/aromatic N) is 1. The van der Waals surface area contributed by atoms with Gasteiger partial charge in [0.15, 0.2) is 6.61 Å². The molecule has 1 aromatic carbocycles. The van der Waals surface area contributed by atoms with Crippen molar-refractivity contribution < 1.29 is 14.3 Å². The molecule has 1 amide bonds. The maximum atomic E-state index is 12.0. The van der Waals surface area contributed by atoms with Crippen LogP contribution in [0.15, 0.2) is 24.3 Å². The molecule has 19 heavy (non-hydrogen) atoms. The number of ether oxygens (including phenoxy) is 2. The summed E-state index contributed by atoms with van der Waals surface area (Å²) in [5.74, 6) is 0.654. The van der Waals surface area contributed by atoms with Crippen LogP contribution in [0.2, 0.25) is 0 Å². The highest BCUT2D eigenvalue weighted by molar-refractivity contribution is 5.77. The maximum absolute atomic E-state index is 12.0. The molecule has 1 aromatic rings. The van der Waals surface area contributed by atoms with Crippen LogP contribution in [0, 0.1) is 0 Å². The predicted molar refractivity (Wildman–Crippen MR) is 73.0 cm³/mol. The minimum atomic E-state index is -0.00132. The summed E-state index contributed by atoms with van der Waals surface area (Å²) >= 11 is 0. The van der Waals surface area contributed by atoms with Crippen LogP contribution in [-0.2, 0) is 9.53 Å². The molecule has 1 saturated heterocycles. The van der Waals surface area contributed by atoms with Crippen molar-refractivity contribution in [1.29, 1.82) is 0 Å². The minimum Gasteiger partial charge on any atom is -0.484 e. The second kappa shape index (κ2) is 6.43. The van der Waals surface area contributed by atoms with Crippen LogP contribution >= 0.6 is 0 Å². The number of benzene rings is 1. The van der Waals surface area contributed by atoms with E-state index in [9.17, 15) is 4.79 Å². The van der Waals surface area contributed by atoms with Crippen molar-refractivity contribution in [2.45, 2.75) is 19.4 Å². The molecule has 2 rings (SSSR count). The van der Waals surface area contributed by atoms with E-state index in [4.69, 9.17) is 15.2 Å². The fourth-order valence-corrected chi connectivity index (χ4v) is 1.99. The highest BCUT2D eigenvalue weighted by atomic mass is 16.5. The highest BCUT2D eigenvalue weighted by Crippen LogP contribution is 2.14. The largest absolute Gasteiger partial charge is 0.484 e. The van der Waals surface area contributed by atoms with Crippen LogP contribution < -0.4 is 10.5 Å². The van der Waals surface area contributed by atoms with E-state index in [-0.39, 0.29) is 18.6 Å². The Bertz CT molecular complexity index is 419. The number of nitrogen functional groups attached to an aromatic ring is 1. The minimum absolute atomic E-state index is 0.00132. The molecule has 104 valence electrons. The quantitative estimate of drug-likeness (QED) is 0.832. The van der Waals surface area contributed by atoms with Crippen molar-refractivity contribution in [1.82, 2.24) is 4.90 Å². The Balaban J connectivity index is 1.82. The molecule has 0 aliphatic carbocycles. The number of carbonyl (C=O) groups is 1. The number of anilines is 1. The molecule has 1 heterocycles. The van der Waals surface area contributed by atoms with Gasteiger partial charge in [-0.15, -0.1) is 0 Å². The Morgan fingerprint density at radius 1 is 1.47 bits per heavy atom. The van der Waals surface area contributed by atoms with Gasteiger partial charge in [0.2, 0.25) is 0 Å². The van der Waals surface area contributed by atoms with Gasteiger partial charge in [0.1, 0.15) is 5.75 Å². The van der Waals surface area contributed by atoms with Crippen LogP contribution in [0.5, 0.6) is 5.75 Å². The van der Waals surface area contributed by atoms with E-state index in [2.05, 4.69) is 6.92 Å². The monoisotopic (exact) mass is 264 g/mol. The molecule has 0 aromatic heterocycles. The molecule has 1 aliphatic rings. The van der Waals surface area contributed by atoms with Crippen molar-refractivity contribution in [3.8, 4) is 5.75 Å². The second-order valence-electron chi connectivity index (χ2n) is 4.60. The van der Waals surface area contributed by atoms with Crippen LogP contribution in [0.4, 0.5) is 5.69 Å². The van der Waals surface area contributed by atoms with Gasteiger partial charge in [0.05, 0.1) is 12.7 Å². The zero-order valence-electron chi connectivity index (χ0n) is 11.2. The summed E-state index contributed by atoms with van der Waals surface area (Å²) in [6, 6.07) is 7.02. The maximum Gasteiger partial charge on any atom is 0.260 e. The van der Waals surface area contributed by atoms with Crippen molar-refractivity contribution in [3.63, 3.8) is 0 Å². The number of carbonyl (C=O) groups excluding carboxylic acids is 1. The third kappa shape index (κ3) is 3.86. The lowest BCUT2D eigenvalue weighted by Crippen LogP contribution is -2.47. The van der Waals surface area contributed by atoms with E-state index in [0.717, 1.165) is 6.42 Å². The normalized spacial score (nSPS) is 19.2. The van der Waals surface area contributed by atoms with E-state index in [0.29, 0.717) is 31.1 Å². The molecule has 1 unspecified atom stereocenters. The lowest BCUT2D eigenvalue weighted by Gasteiger charge is -2.32. The molecular weight excluding hydrogens is 244 g/mol. The van der Waals surface area contributed by atoms with Gasteiger partial charge in [0, 0.05) is 18.8 Å². The number of morpholine rings is 1. The van der Waals surface area contributed by atoms with E-state index in [1.54, 1.807) is 29.2 Å². The van der Waals surface area contributed by atoms with Crippen molar-refractivity contribution >= 4 is 11.6 Å². The number of amides is 1. The first-order chi connectivity index (χ1) is 9.19. The van der Waals surface area contributed by atoms with Gasteiger partial charge in [0.25, 0.3) is 5.91 Å². The van der Waals surface area contributed by atoms with Gasteiger partial charge in [-0.3, -0.25) is 4.79 Å². The molecule has 0 saturated carbocycles. The number of hydrogen-bond donors (Lipinski definition) is 1. The van der Waals surface area contributed by atoms with Gasteiger partial charge in [-0.25, -0.2) is 0 Å². The predicted octanol–water partition coefficient (Wildman–Crippen LogP) is 1.29. The molecule has 1 atom stereocenters. The zero-order valence-corrected chi connectivity index (χ0v) is 11.2. The van der Waals surface area contributed by atoms with Crippen molar-refractivity contribution in [3.05, 3.63) is 24.3 Å². The van der Waals surface area contributed by atoms with Crippen molar-refractivity contribution in [2.24, 2.45) is 0 Å². The molecule has 5 nitrogen and oxygen atoms in total.